The summed E-state index contributed by atoms with van der Waals surface area (Å²) < 4.78 is 1.92. The fraction of sp³-hybridized carbons (Fsp3) is 0.444. The Balaban J connectivity index is 1.79. The summed E-state index contributed by atoms with van der Waals surface area (Å²) in [6.45, 7) is 8.60. The van der Waals surface area contributed by atoms with Crippen molar-refractivity contribution in [3.05, 3.63) is 58.3 Å². The Morgan fingerprint density at radius 3 is 2.54 bits per heavy atom. The van der Waals surface area contributed by atoms with Crippen molar-refractivity contribution in [2.75, 3.05) is 32.7 Å². The van der Waals surface area contributed by atoms with Crippen LogP contribution in [0.1, 0.15) is 18.3 Å². The molecular weight excluding hydrogens is 304 g/mol. The normalized spacial score (nSPS) is 16.4. The fourth-order valence-electron chi connectivity index (χ4n) is 3.04. The van der Waals surface area contributed by atoms with E-state index in [-0.39, 0.29) is 11.2 Å². The minimum absolute atomic E-state index is 0.217. The van der Waals surface area contributed by atoms with Gasteiger partial charge in [0.25, 0.3) is 0 Å². The molecule has 0 aliphatic carbocycles. The summed E-state index contributed by atoms with van der Waals surface area (Å²) >= 11 is 0. The lowest BCUT2D eigenvalue weighted by atomic mass is 10.2. The van der Waals surface area contributed by atoms with Crippen LogP contribution < -0.4 is 5.43 Å². The summed E-state index contributed by atoms with van der Waals surface area (Å²) in [6.07, 6.45) is 3.27. The van der Waals surface area contributed by atoms with Gasteiger partial charge in [0.15, 0.2) is 5.75 Å². The zero-order valence-electron chi connectivity index (χ0n) is 14.1. The van der Waals surface area contributed by atoms with E-state index in [4.69, 9.17) is 0 Å². The number of piperazine rings is 1. The standard InChI is InChI=1S/C18H24N4O2/c1-2-20-7-9-21(10-8-20)13-16-11-17(23)18(24)14-22(16)12-15-5-3-4-6-19-15/h3-6,11,14,24H,2,7-10,12-13H2,1H3. The van der Waals surface area contributed by atoms with Gasteiger partial charge in [-0.1, -0.05) is 13.0 Å². The SMILES string of the molecule is CCN1CCN(Cc2cc(=O)c(O)cn2Cc2ccccn2)CC1. The molecule has 128 valence electrons. The van der Waals surface area contributed by atoms with Crippen LogP contribution in [0.5, 0.6) is 5.75 Å². The number of likely N-dealkylation sites (N-methyl/N-ethyl adjacent to an activating group) is 1. The Hall–Kier alpha value is -2.18. The van der Waals surface area contributed by atoms with E-state index in [2.05, 4.69) is 21.7 Å². The van der Waals surface area contributed by atoms with Crippen molar-refractivity contribution >= 4 is 0 Å². The van der Waals surface area contributed by atoms with Crippen LogP contribution in [0.15, 0.2) is 41.5 Å². The Morgan fingerprint density at radius 1 is 1.12 bits per heavy atom. The lowest BCUT2D eigenvalue weighted by Gasteiger charge is -2.34. The number of aromatic hydroxyl groups is 1. The highest BCUT2D eigenvalue weighted by Gasteiger charge is 2.17. The van der Waals surface area contributed by atoms with Gasteiger partial charge in [-0.05, 0) is 18.7 Å². The molecule has 0 saturated carbocycles. The highest BCUT2D eigenvalue weighted by molar-refractivity contribution is 5.21. The number of rotatable bonds is 5. The van der Waals surface area contributed by atoms with E-state index in [1.54, 1.807) is 12.3 Å². The molecule has 2 aromatic rings. The molecule has 0 unspecified atom stereocenters. The molecule has 0 atom stereocenters. The summed E-state index contributed by atoms with van der Waals surface area (Å²) in [4.78, 5) is 21.0. The zero-order chi connectivity index (χ0) is 16.9. The van der Waals surface area contributed by atoms with Gasteiger partial charge >= 0.3 is 0 Å². The molecule has 3 heterocycles. The molecule has 1 fully saturated rings. The predicted octanol–water partition coefficient (Wildman–Crippen LogP) is 1.13. The topological polar surface area (TPSA) is 61.6 Å². The van der Waals surface area contributed by atoms with E-state index in [1.165, 1.54) is 6.20 Å². The third-order valence-electron chi connectivity index (χ3n) is 4.55. The second-order valence-electron chi connectivity index (χ2n) is 6.17. The molecule has 3 rings (SSSR count). The molecule has 0 aromatic carbocycles. The van der Waals surface area contributed by atoms with Gasteiger partial charge in [-0.3, -0.25) is 14.7 Å². The van der Waals surface area contributed by atoms with Gasteiger partial charge in [-0.25, -0.2) is 0 Å². The van der Waals surface area contributed by atoms with Crippen LogP contribution in [-0.2, 0) is 13.1 Å². The monoisotopic (exact) mass is 328 g/mol. The maximum atomic E-state index is 11.9. The molecule has 1 aliphatic rings. The van der Waals surface area contributed by atoms with E-state index in [0.717, 1.165) is 44.1 Å². The summed E-state index contributed by atoms with van der Waals surface area (Å²) in [6, 6.07) is 7.30. The van der Waals surface area contributed by atoms with Crippen LogP contribution in [0.25, 0.3) is 0 Å². The largest absolute Gasteiger partial charge is 0.503 e. The number of hydrogen-bond donors (Lipinski definition) is 1. The highest BCUT2D eigenvalue weighted by atomic mass is 16.3. The molecule has 2 aromatic heterocycles. The first-order chi connectivity index (χ1) is 11.7. The van der Waals surface area contributed by atoms with Crippen molar-refractivity contribution in [2.24, 2.45) is 0 Å². The van der Waals surface area contributed by atoms with Crippen LogP contribution in [0, 0.1) is 0 Å². The lowest BCUT2D eigenvalue weighted by molar-refractivity contribution is 0.129. The molecular formula is C18H24N4O2. The lowest BCUT2D eigenvalue weighted by Crippen LogP contribution is -2.46. The second-order valence-corrected chi connectivity index (χ2v) is 6.17. The van der Waals surface area contributed by atoms with E-state index in [9.17, 15) is 9.90 Å². The van der Waals surface area contributed by atoms with Gasteiger partial charge in [-0.2, -0.15) is 0 Å². The molecule has 0 amide bonds. The molecule has 1 saturated heterocycles. The number of aromatic nitrogens is 2. The molecule has 0 spiro atoms. The van der Waals surface area contributed by atoms with Crippen molar-refractivity contribution in [2.45, 2.75) is 20.0 Å². The number of pyridine rings is 2. The summed E-state index contributed by atoms with van der Waals surface area (Å²) in [5.74, 6) is -0.217. The third kappa shape index (κ3) is 4.01. The van der Waals surface area contributed by atoms with Crippen LogP contribution in [-0.4, -0.2) is 57.2 Å². The van der Waals surface area contributed by atoms with E-state index in [0.29, 0.717) is 13.1 Å². The van der Waals surface area contributed by atoms with Crippen molar-refractivity contribution < 1.29 is 5.11 Å². The Bertz CT molecular complexity index is 722. The molecule has 1 aliphatic heterocycles. The highest BCUT2D eigenvalue weighted by Crippen LogP contribution is 2.12. The quantitative estimate of drug-likeness (QED) is 0.892. The fourth-order valence-corrected chi connectivity index (χ4v) is 3.04. The van der Waals surface area contributed by atoms with Gasteiger partial charge in [0.1, 0.15) is 0 Å². The minimum atomic E-state index is -0.325. The van der Waals surface area contributed by atoms with Crippen molar-refractivity contribution in [1.82, 2.24) is 19.4 Å². The first-order valence-electron chi connectivity index (χ1n) is 8.42. The van der Waals surface area contributed by atoms with Gasteiger partial charge in [0.05, 0.1) is 18.4 Å². The summed E-state index contributed by atoms with van der Waals surface area (Å²) in [7, 11) is 0. The third-order valence-corrected chi connectivity index (χ3v) is 4.55. The first kappa shape index (κ1) is 16.7. The van der Waals surface area contributed by atoms with Gasteiger partial charge in [0.2, 0.25) is 5.43 Å². The Morgan fingerprint density at radius 2 is 1.88 bits per heavy atom. The summed E-state index contributed by atoms with van der Waals surface area (Å²) in [5.41, 5.74) is 1.49. The van der Waals surface area contributed by atoms with Crippen LogP contribution in [0.4, 0.5) is 0 Å². The number of hydrogen-bond acceptors (Lipinski definition) is 5. The molecule has 0 bridgehead atoms. The van der Waals surface area contributed by atoms with Gasteiger partial charge in [0, 0.05) is 50.7 Å². The van der Waals surface area contributed by atoms with E-state index >= 15 is 0 Å². The zero-order valence-corrected chi connectivity index (χ0v) is 14.1. The minimum Gasteiger partial charge on any atom is -0.503 e. The van der Waals surface area contributed by atoms with Crippen molar-refractivity contribution in [3.63, 3.8) is 0 Å². The van der Waals surface area contributed by atoms with E-state index in [1.807, 2.05) is 22.8 Å². The average Bonchev–Trinajstić information content (AvgIpc) is 2.61. The first-order valence-corrected chi connectivity index (χ1v) is 8.42. The molecule has 6 heteroatoms. The predicted molar refractivity (Wildman–Crippen MR) is 93.1 cm³/mol. The van der Waals surface area contributed by atoms with Crippen LogP contribution >= 0.6 is 0 Å². The molecule has 0 radical (unpaired) electrons. The molecule has 1 N–H and O–H groups in total. The van der Waals surface area contributed by atoms with Crippen LogP contribution in [0.3, 0.4) is 0 Å². The van der Waals surface area contributed by atoms with Crippen LogP contribution in [0.2, 0.25) is 0 Å². The molecule has 24 heavy (non-hydrogen) atoms. The Kier molecular flexibility index (Phi) is 5.27. The maximum Gasteiger partial charge on any atom is 0.223 e. The molecule has 6 nitrogen and oxygen atoms in total. The maximum absolute atomic E-state index is 11.9. The number of nitrogens with zero attached hydrogens (tertiary/aromatic N) is 4. The van der Waals surface area contributed by atoms with Crippen molar-refractivity contribution in [3.8, 4) is 5.75 Å². The summed E-state index contributed by atoms with van der Waals surface area (Å²) in [5, 5.41) is 9.80. The van der Waals surface area contributed by atoms with Gasteiger partial charge in [-0.15, -0.1) is 0 Å². The van der Waals surface area contributed by atoms with E-state index < -0.39 is 0 Å². The Labute approximate surface area is 142 Å². The second kappa shape index (κ2) is 7.59. The van der Waals surface area contributed by atoms with Crippen molar-refractivity contribution in [1.29, 1.82) is 0 Å². The smallest absolute Gasteiger partial charge is 0.223 e. The van der Waals surface area contributed by atoms with Gasteiger partial charge < -0.3 is 14.6 Å². The average molecular weight is 328 g/mol.